The van der Waals surface area contributed by atoms with E-state index in [0.29, 0.717) is 5.56 Å². The molecule has 26 heavy (non-hydrogen) atoms. The molecule has 0 aliphatic rings. The Morgan fingerprint density at radius 2 is 1.88 bits per heavy atom. The summed E-state index contributed by atoms with van der Waals surface area (Å²) in [5, 5.41) is 10.4. The van der Waals surface area contributed by atoms with Crippen molar-refractivity contribution < 1.29 is 18.0 Å². The second kappa shape index (κ2) is 8.11. The number of nitrogens with one attached hydrogen (secondary N) is 2. The summed E-state index contributed by atoms with van der Waals surface area (Å²) in [5.74, 6) is -0.121. The van der Waals surface area contributed by atoms with Crippen molar-refractivity contribution in [2.75, 3.05) is 0 Å². The Balaban J connectivity index is 2.07. The Morgan fingerprint density at radius 3 is 2.42 bits per heavy atom. The summed E-state index contributed by atoms with van der Waals surface area (Å²) in [6, 6.07) is 4.28. The maximum atomic E-state index is 12.6. The minimum absolute atomic E-state index is 0.0499. The van der Waals surface area contributed by atoms with Gasteiger partial charge in [0, 0.05) is 24.4 Å². The number of aromatic nitrogens is 3. The molecule has 1 amide bonds. The van der Waals surface area contributed by atoms with Gasteiger partial charge >= 0.3 is 6.18 Å². The standard InChI is InChI=1S/C17H19F3N4O2/c1-3-10(2)21-14(25)9-8-13-16(26)22-15(24-23-13)11-4-6-12(7-5-11)17(18,19)20/h4-7,10H,3,8-9H2,1-2H3,(H,21,25)(H,22,24,26). The monoisotopic (exact) mass is 368 g/mol. The van der Waals surface area contributed by atoms with Gasteiger partial charge in [0.15, 0.2) is 5.82 Å². The number of rotatable bonds is 6. The third-order valence-corrected chi connectivity index (χ3v) is 3.86. The fraction of sp³-hybridized carbons (Fsp3) is 0.412. The molecule has 0 aliphatic carbocycles. The van der Waals surface area contributed by atoms with Gasteiger partial charge < -0.3 is 10.3 Å². The number of amides is 1. The first-order valence-electron chi connectivity index (χ1n) is 8.13. The minimum Gasteiger partial charge on any atom is -0.354 e. The van der Waals surface area contributed by atoms with E-state index in [1.165, 1.54) is 12.1 Å². The molecule has 2 N–H and O–H groups in total. The molecule has 0 aliphatic heterocycles. The van der Waals surface area contributed by atoms with E-state index in [0.717, 1.165) is 18.6 Å². The van der Waals surface area contributed by atoms with Crippen molar-refractivity contribution in [3.8, 4) is 11.4 Å². The summed E-state index contributed by atoms with van der Waals surface area (Å²) in [4.78, 5) is 26.3. The lowest BCUT2D eigenvalue weighted by molar-refractivity contribution is -0.137. The van der Waals surface area contributed by atoms with Gasteiger partial charge in [-0.05, 0) is 25.5 Å². The molecule has 0 spiro atoms. The van der Waals surface area contributed by atoms with Crippen LogP contribution in [0.1, 0.15) is 37.9 Å². The second-order valence-corrected chi connectivity index (χ2v) is 5.90. The van der Waals surface area contributed by atoms with E-state index >= 15 is 0 Å². The average Bonchev–Trinajstić information content (AvgIpc) is 2.60. The molecule has 2 rings (SSSR count). The van der Waals surface area contributed by atoms with Gasteiger partial charge in [-0.2, -0.15) is 13.2 Å². The first-order valence-corrected chi connectivity index (χ1v) is 8.13. The highest BCUT2D eigenvalue weighted by atomic mass is 19.4. The summed E-state index contributed by atoms with van der Waals surface area (Å²) >= 11 is 0. The van der Waals surface area contributed by atoms with Gasteiger partial charge in [-0.15, -0.1) is 10.2 Å². The van der Waals surface area contributed by atoms with E-state index in [1.807, 2.05) is 13.8 Å². The lowest BCUT2D eigenvalue weighted by atomic mass is 10.1. The van der Waals surface area contributed by atoms with E-state index < -0.39 is 17.3 Å². The number of H-pyrrole nitrogens is 1. The van der Waals surface area contributed by atoms with Gasteiger partial charge in [0.1, 0.15) is 5.69 Å². The molecule has 0 saturated heterocycles. The number of alkyl halides is 3. The number of carbonyl (C=O) groups is 1. The van der Waals surface area contributed by atoms with Crippen molar-refractivity contribution in [1.29, 1.82) is 0 Å². The summed E-state index contributed by atoms with van der Waals surface area (Å²) in [7, 11) is 0. The lowest BCUT2D eigenvalue weighted by Crippen LogP contribution is -2.32. The van der Waals surface area contributed by atoms with Crippen molar-refractivity contribution in [3.05, 3.63) is 45.9 Å². The number of aryl methyl sites for hydroxylation is 1. The predicted molar refractivity (Wildman–Crippen MR) is 89.3 cm³/mol. The molecule has 1 aromatic heterocycles. The van der Waals surface area contributed by atoms with Crippen molar-refractivity contribution in [3.63, 3.8) is 0 Å². The van der Waals surface area contributed by atoms with Crippen molar-refractivity contribution in [2.45, 2.75) is 45.3 Å². The molecular weight excluding hydrogens is 349 g/mol. The van der Waals surface area contributed by atoms with Crippen molar-refractivity contribution in [1.82, 2.24) is 20.5 Å². The minimum atomic E-state index is -4.43. The Morgan fingerprint density at radius 1 is 1.23 bits per heavy atom. The van der Waals surface area contributed by atoms with Gasteiger partial charge in [0.05, 0.1) is 5.56 Å². The molecule has 9 heteroatoms. The molecule has 2 aromatic rings. The highest BCUT2D eigenvalue weighted by Gasteiger charge is 2.30. The fourth-order valence-corrected chi connectivity index (χ4v) is 2.15. The van der Waals surface area contributed by atoms with Crippen LogP contribution in [0.4, 0.5) is 13.2 Å². The van der Waals surface area contributed by atoms with Crippen LogP contribution in [0, 0.1) is 0 Å². The van der Waals surface area contributed by atoms with Crippen molar-refractivity contribution in [2.24, 2.45) is 0 Å². The number of hydrogen-bond donors (Lipinski definition) is 2. The summed E-state index contributed by atoms with van der Waals surface area (Å²) < 4.78 is 37.7. The molecule has 0 fully saturated rings. The molecule has 0 radical (unpaired) electrons. The third-order valence-electron chi connectivity index (χ3n) is 3.86. The molecule has 1 aromatic carbocycles. The molecule has 140 valence electrons. The van der Waals surface area contributed by atoms with Crippen LogP contribution in [0.25, 0.3) is 11.4 Å². The molecule has 6 nitrogen and oxygen atoms in total. The van der Waals surface area contributed by atoms with Gasteiger partial charge in [-0.25, -0.2) is 0 Å². The molecule has 0 saturated carbocycles. The molecule has 1 heterocycles. The highest BCUT2D eigenvalue weighted by Crippen LogP contribution is 2.30. The van der Waals surface area contributed by atoms with Crippen LogP contribution < -0.4 is 10.9 Å². The topological polar surface area (TPSA) is 87.7 Å². The molecular formula is C17H19F3N4O2. The zero-order chi connectivity index (χ0) is 19.3. The lowest BCUT2D eigenvalue weighted by Gasteiger charge is -2.10. The largest absolute Gasteiger partial charge is 0.416 e. The number of hydrogen-bond acceptors (Lipinski definition) is 4. The van der Waals surface area contributed by atoms with Gasteiger partial charge in [-0.1, -0.05) is 19.1 Å². The van der Waals surface area contributed by atoms with Crippen LogP contribution in [0.5, 0.6) is 0 Å². The van der Waals surface area contributed by atoms with Crippen LogP contribution in [0.2, 0.25) is 0 Å². The fourth-order valence-electron chi connectivity index (χ4n) is 2.15. The molecule has 0 bridgehead atoms. The quantitative estimate of drug-likeness (QED) is 0.821. The van der Waals surface area contributed by atoms with Crippen LogP contribution in [0.3, 0.4) is 0 Å². The highest BCUT2D eigenvalue weighted by molar-refractivity contribution is 5.76. The molecule has 1 atom stereocenters. The van der Waals surface area contributed by atoms with Crippen LogP contribution in [-0.2, 0) is 17.4 Å². The Labute approximate surface area is 147 Å². The normalized spacial score (nSPS) is 12.7. The molecule has 1 unspecified atom stereocenters. The number of aromatic amines is 1. The maximum absolute atomic E-state index is 12.6. The van der Waals surface area contributed by atoms with E-state index in [9.17, 15) is 22.8 Å². The van der Waals surface area contributed by atoms with Crippen LogP contribution in [0.15, 0.2) is 29.1 Å². The first kappa shape index (κ1) is 19.6. The number of benzene rings is 1. The van der Waals surface area contributed by atoms with Crippen LogP contribution in [-0.4, -0.2) is 27.1 Å². The Kier molecular flexibility index (Phi) is 6.12. The maximum Gasteiger partial charge on any atom is 0.416 e. The Hall–Kier alpha value is -2.71. The third kappa shape index (κ3) is 5.14. The number of carbonyl (C=O) groups excluding carboxylic acids is 1. The van der Waals surface area contributed by atoms with E-state index in [4.69, 9.17) is 0 Å². The van der Waals surface area contributed by atoms with Gasteiger partial charge in [0.25, 0.3) is 5.56 Å². The van der Waals surface area contributed by atoms with Crippen LogP contribution >= 0.6 is 0 Å². The zero-order valence-corrected chi connectivity index (χ0v) is 14.4. The average molecular weight is 368 g/mol. The van der Waals surface area contributed by atoms with Crippen molar-refractivity contribution >= 4 is 5.91 Å². The van der Waals surface area contributed by atoms with E-state index in [-0.39, 0.29) is 36.3 Å². The summed E-state index contributed by atoms with van der Waals surface area (Å²) in [6.45, 7) is 3.82. The summed E-state index contributed by atoms with van der Waals surface area (Å²) in [5.41, 5.74) is -0.907. The number of nitrogens with zero attached hydrogens (tertiary/aromatic N) is 2. The predicted octanol–water partition coefficient (Wildman–Crippen LogP) is 2.70. The summed E-state index contributed by atoms with van der Waals surface area (Å²) in [6.07, 6.45) is -3.41. The van der Waals surface area contributed by atoms with E-state index in [1.54, 1.807) is 0 Å². The SMILES string of the molecule is CCC(C)NC(=O)CCc1nnc(-c2ccc(C(F)(F)F)cc2)[nH]c1=O. The van der Waals surface area contributed by atoms with Gasteiger partial charge in [0.2, 0.25) is 5.91 Å². The smallest absolute Gasteiger partial charge is 0.354 e. The second-order valence-electron chi connectivity index (χ2n) is 5.90. The Bertz CT molecular complexity index is 816. The first-order chi connectivity index (χ1) is 12.2. The number of halogens is 3. The van der Waals surface area contributed by atoms with Gasteiger partial charge in [-0.3, -0.25) is 9.59 Å². The zero-order valence-electron chi connectivity index (χ0n) is 14.4. The van der Waals surface area contributed by atoms with E-state index in [2.05, 4.69) is 20.5 Å².